The first kappa shape index (κ1) is 16.8. The van der Waals surface area contributed by atoms with Gasteiger partial charge in [-0.25, -0.2) is 9.37 Å². The molecule has 0 bridgehead atoms. The fraction of sp³-hybridized carbons (Fsp3) is 0.167. The van der Waals surface area contributed by atoms with Gasteiger partial charge in [-0.3, -0.25) is 4.79 Å². The molecule has 0 unspecified atom stereocenters. The summed E-state index contributed by atoms with van der Waals surface area (Å²) in [5, 5.41) is 17.6. The zero-order valence-electron chi connectivity index (χ0n) is 14.6. The molecule has 136 valence electrons. The van der Waals surface area contributed by atoms with Gasteiger partial charge in [0, 0.05) is 34.9 Å². The lowest BCUT2D eigenvalue weighted by Crippen LogP contribution is -2.25. The van der Waals surface area contributed by atoms with Gasteiger partial charge in [0.05, 0.1) is 5.52 Å². The van der Waals surface area contributed by atoms with Crippen molar-refractivity contribution in [3.8, 4) is 11.4 Å². The lowest BCUT2D eigenvalue weighted by atomic mass is 10.2. The number of rotatable bonds is 4. The van der Waals surface area contributed by atoms with Crippen LogP contribution in [0.4, 0.5) is 15.9 Å². The summed E-state index contributed by atoms with van der Waals surface area (Å²) in [7, 11) is 0. The van der Waals surface area contributed by atoms with Crippen LogP contribution in [0.25, 0.3) is 22.3 Å². The fourth-order valence-electron chi connectivity index (χ4n) is 2.91. The van der Waals surface area contributed by atoms with E-state index in [1.54, 1.807) is 12.3 Å². The first-order valence-corrected chi connectivity index (χ1v) is 8.34. The Balaban J connectivity index is 1.69. The molecule has 4 aromatic rings. The highest BCUT2D eigenvalue weighted by Crippen LogP contribution is 2.23. The highest BCUT2D eigenvalue weighted by Gasteiger charge is 2.13. The quantitative estimate of drug-likeness (QED) is 0.576. The number of H-pyrrole nitrogens is 1. The third kappa shape index (κ3) is 3.14. The summed E-state index contributed by atoms with van der Waals surface area (Å²) in [5.41, 5.74) is 1.61. The van der Waals surface area contributed by atoms with E-state index in [9.17, 15) is 9.18 Å². The Morgan fingerprint density at radius 2 is 1.96 bits per heavy atom. The minimum Gasteiger partial charge on any atom is -0.340 e. The molecule has 0 atom stereocenters. The van der Waals surface area contributed by atoms with Crippen molar-refractivity contribution in [2.45, 2.75) is 19.9 Å². The maximum atomic E-state index is 13.9. The van der Waals surface area contributed by atoms with Crippen LogP contribution in [0, 0.1) is 5.82 Å². The maximum Gasteiger partial charge on any atom is 0.287 e. The van der Waals surface area contributed by atoms with E-state index in [-0.39, 0.29) is 6.04 Å². The SMILES string of the molecule is CC(C)n1c(=O)c(F)cc2cnc(Nc3ccc(-c4nn[nH]n4)cc3)cc21. The van der Waals surface area contributed by atoms with E-state index < -0.39 is 11.4 Å². The molecule has 1 aromatic carbocycles. The third-order valence-corrected chi connectivity index (χ3v) is 4.15. The second-order valence-corrected chi connectivity index (χ2v) is 6.33. The Morgan fingerprint density at radius 3 is 2.63 bits per heavy atom. The summed E-state index contributed by atoms with van der Waals surface area (Å²) in [6.45, 7) is 3.68. The summed E-state index contributed by atoms with van der Waals surface area (Å²) in [4.78, 5) is 16.5. The molecule has 2 N–H and O–H groups in total. The molecule has 0 saturated carbocycles. The maximum absolute atomic E-state index is 13.9. The number of fused-ring (bicyclic) bond motifs is 1. The van der Waals surface area contributed by atoms with Gasteiger partial charge in [0.15, 0.2) is 5.82 Å². The summed E-state index contributed by atoms with van der Waals surface area (Å²) in [6.07, 6.45) is 1.55. The number of pyridine rings is 2. The molecule has 0 amide bonds. The number of nitrogens with zero attached hydrogens (tertiary/aromatic N) is 5. The van der Waals surface area contributed by atoms with Crippen molar-refractivity contribution in [3.05, 3.63) is 58.8 Å². The number of halogens is 1. The standard InChI is InChI=1S/C18H16FN7O/c1-10(2)26-15-8-16(20-9-12(15)7-14(19)18(26)27)21-13-5-3-11(4-6-13)17-22-24-25-23-17/h3-10H,1-2H3,(H,20,21)(H,22,23,24,25). The Hall–Kier alpha value is -3.62. The van der Waals surface area contributed by atoms with Crippen LogP contribution in [0.1, 0.15) is 19.9 Å². The van der Waals surface area contributed by atoms with Gasteiger partial charge >= 0.3 is 0 Å². The van der Waals surface area contributed by atoms with Crippen LogP contribution in [0.5, 0.6) is 0 Å². The zero-order chi connectivity index (χ0) is 19.0. The molecule has 3 aromatic heterocycles. The number of nitrogens with one attached hydrogen (secondary N) is 2. The molecule has 0 spiro atoms. The van der Waals surface area contributed by atoms with Gasteiger partial charge in [0.2, 0.25) is 5.82 Å². The van der Waals surface area contributed by atoms with E-state index in [0.717, 1.165) is 11.3 Å². The minimum atomic E-state index is -0.782. The van der Waals surface area contributed by atoms with Crippen molar-refractivity contribution in [2.24, 2.45) is 0 Å². The lowest BCUT2D eigenvalue weighted by molar-refractivity contribution is 0.542. The summed E-state index contributed by atoms with van der Waals surface area (Å²) >= 11 is 0. The van der Waals surface area contributed by atoms with Crippen LogP contribution in [0.15, 0.2) is 47.4 Å². The van der Waals surface area contributed by atoms with Crippen molar-refractivity contribution in [2.75, 3.05) is 5.32 Å². The normalized spacial score (nSPS) is 11.3. The van der Waals surface area contributed by atoms with Crippen molar-refractivity contribution in [3.63, 3.8) is 0 Å². The van der Waals surface area contributed by atoms with E-state index in [4.69, 9.17) is 0 Å². The van der Waals surface area contributed by atoms with Crippen LogP contribution in [0.3, 0.4) is 0 Å². The second-order valence-electron chi connectivity index (χ2n) is 6.33. The van der Waals surface area contributed by atoms with Crippen molar-refractivity contribution >= 4 is 22.4 Å². The van der Waals surface area contributed by atoms with Crippen LogP contribution in [0.2, 0.25) is 0 Å². The molecule has 0 saturated heterocycles. The molecule has 4 rings (SSSR count). The number of aromatic amines is 1. The molecule has 0 radical (unpaired) electrons. The largest absolute Gasteiger partial charge is 0.340 e. The number of hydrogen-bond donors (Lipinski definition) is 2. The smallest absolute Gasteiger partial charge is 0.287 e. The van der Waals surface area contributed by atoms with Gasteiger partial charge in [-0.1, -0.05) is 0 Å². The third-order valence-electron chi connectivity index (χ3n) is 4.15. The highest BCUT2D eigenvalue weighted by atomic mass is 19.1. The topological polar surface area (TPSA) is 101 Å². The monoisotopic (exact) mass is 365 g/mol. The van der Waals surface area contributed by atoms with Crippen LogP contribution >= 0.6 is 0 Å². The highest BCUT2D eigenvalue weighted by molar-refractivity contribution is 5.81. The molecule has 8 nitrogen and oxygen atoms in total. The van der Waals surface area contributed by atoms with E-state index in [0.29, 0.717) is 22.5 Å². The van der Waals surface area contributed by atoms with Crippen LogP contribution in [-0.2, 0) is 0 Å². The van der Waals surface area contributed by atoms with Gasteiger partial charge in [0.1, 0.15) is 5.82 Å². The first-order valence-electron chi connectivity index (χ1n) is 8.34. The first-order chi connectivity index (χ1) is 13.0. The molecule has 0 aliphatic rings. The molecule has 27 heavy (non-hydrogen) atoms. The average molecular weight is 365 g/mol. The number of benzene rings is 1. The molecular formula is C18H16FN7O. The molecular weight excluding hydrogens is 349 g/mol. The molecule has 9 heteroatoms. The van der Waals surface area contributed by atoms with Crippen molar-refractivity contribution in [1.29, 1.82) is 0 Å². The summed E-state index contributed by atoms with van der Waals surface area (Å²) in [5.74, 6) is 0.277. The number of hydrogen-bond acceptors (Lipinski definition) is 6. The summed E-state index contributed by atoms with van der Waals surface area (Å²) in [6, 6.07) is 10.2. The number of aromatic nitrogens is 6. The predicted molar refractivity (Wildman–Crippen MR) is 99.2 cm³/mol. The van der Waals surface area contributed by atoms with E-state index in [1.165, 1.54) is 10.6 Å². The zero-order valence-corrected chi connectivity index (χ0v) is 14.6. The summed E-state index contributed by atoms with van der Waals surface area (Å²) < 4.78 is 15.3. The van der Waals surface area contributed by atoms with Crippen molar-refractivity contribution < 1.29 is 4.39 Å². The molecule has 3 heterocycles. The number of tetrazole rings is 1. The molecule has 0 fully saturated rings. The molecule has 0 aliphatic carbocycles. The second kappa shape index (κ2) is 6.60. The van der Waals surface area contributed by atoms with Gasteiger partial charge in [-0.05, 0) is 49.4 Å². The Morgan fingerprint density at radius 1 is 1.19 bits per heavy atom. The van der Waals surface area contributed by atoms with Crippen LogP contribution in [-0.4, -0.2) is 30.2 Å². The Labute approximate surface area is 153 Å². The lowest BCUT2D eigenvalue weighted by Gasteiger charge is -2.15. The average Bonchev–Trinajstić information content (AvgIpc) is 3.18. The van der Waals surface area contributed by atoms with E-state index in [1.807, 2.05) is 38.1 Å². The molecule has 0 aliphatic heterocycles. The van der Waals surface area contributed by atoms with E-state index >= 15 is 0 Å². The predicted octanol–water partition coefficient (Wildman–Crippen LogP) is 3.04. The Kier molecular flexibility index (Phi) is 4.11. The fourth-order valence-corrected chi connectivity index (χ4v) is 2.91. The van der Waals surface area contributed by atoms with Crippen molar-refractivity contribution in [1.82, 2.24) is 30.2 Å². The Bertz CT molecular complexity index is 1150. The van der Waals surface area contributed by atoms with Gasteiger partial charge in [-0.2, -0.15) is 5.21 Å². The van der Waals surface area contributed by atoms with E-state index in [2.05, 4.69) is 30.9 Å². The minimum absolute atomic E-state index is 0.180. The van der Waals surface area contributed by atoms with Gasteiger partial charge < -0.3 is 9.88 Å². The van der Waals surface area contributed by atoms with Gasteiger partial charge in [0.25, 0.3) is 5.56 Å². The van der Waals surface area contributed by atoms with Crippen LogP contribution < -0.4 is 10.9 Å². The number of anilines is 2. The van der Waals surface area contributed by atoms with Gasteiger partial charge in [-0.15, -0.1) is 10.2 Å².